The molecule has 1 aliphatic heterocycles. The van der Waals surface area contributed by atoms with Crippen molar-refractivity contribution in [3.05, 3.63) is 28.7 Å². The van der Waals surface area contributed by atoms with Gasteiger partial charge >= 0.3 is 0 Å². The Bertz CT molecular complexity index is 581. The van der Waals surface area contributed by atoms with Gasteiger partial charge in [0.1, 0.15) is 6.54 Å². The molecule has 1 saturated carbocycles. The Hall–Kier alpha value is -1.78. The first kappa shape index (κ1) is 14.2. The number of nitrogen functional groups attached to an aromatic ring is 1. The molecule has 0 aromatic carbocycles. The molecule has 2 N–H and O–H groups in total. The van der Waals surface area contributed by atoms with Gasteiger partial charge in [0.05, 0.1) is 0 Å². The molecule has 1 saturated heterocycles. The topological polar surface area (TPSA) is 68.3 Å². The van der Waals surface area contributed by atoms with E-state index in [-0.39, 0.29) is 18.0 Å². The highest BCUT2D eigenvalue weighted by atomic mass is 16.2. The maximum absolute atomic E-state index is 12.4. The molecular weight excluding hydrogens is 266 g/mol. The molecule has 0 spiro atoms. The van der Waals surface area contributed by atoms with Gasteiger partial charge < -0.3 is 15.2 Å². The molecule has 2 aliphatic rings. The average Bonchev–Trinajstić information content (AvgIpc) is 2.50. The second-order valence-electron chi connectivity index (χ2n) is 6.36. The van der Waals surface area contributed by atoms with Crippen LogP contribution in [0.4, 0.5) is 5.69 Å². The normalized spacial score (nSPS) is 25.4. The molecule has 21 heavy (non-hydrogen) atoms. The molecule has 2 unspecified atom stereocenters. The number of nitrogens with two attached hydrogens (primary N) is 1. The number of carbonyl (C=O) groups is 1. The van der Waals surface area contributed by atoms with Crippen molar-refractivity contribution in [1.29, 1.82) is 0 Å². The number of carbonyl (C=O) groups excluding carboxylic acids is 1. The summed E-state index contributed by atoms with van der Waals surface area (Å²) in [7, 11) is 0. The predicted octanol–water partition coefficient (Wildman–Crippen LogP) is 1.47. The van der Waals surface area contributed by atoms with Crippen molar-refractivity contribution >= 4 is 11.6 Å². The van der Waals surface area contributed by atoms with Crippen LogP contribution in [0.3, 0.4) is 0 Å². The van der Waals surface area contributed by atoms with Crippen molar-refractivity contribution in [2.75, 3.05) is 18.8 Å². The number of amides is 1. The lowest BCUT2D eigenvalue weighted by atomic mass is 9.75. The Morgan fingerprint density at radius 2 is 1.95 bits per heavy atom. The minimum Gasteiger partial charge on any atom is -0.398 e. The zero-order chi connectivity index (χ0) is 14.8. The van der Waals surface area contributed by atoms with Gasteiger partial charge in [0.2, 0.25) is 5.91 Å². The van der Waals surface area contributed by atoms with Gasteiger partial charge in [-0.15, -0.1) is 0 Å². The van der Waals surface area contributed by atoms with E-state index in [0.29, 0.717) is 11.6 Å². The van der Waals surface area contributed by atoms with Crippen LogP contribution in [0.5, 0.6) is 0 Å². The molecule has 1 aromatic rings. The summed E-state index contributed by atoms with van der Waals surface area (Å²) < 4.78 is 1.41. The van der Waals surface area contributed by atoms with Gasteiger partial charge in [0, 0.05) is 31.0 Å². The van der Waals surface area contributed by atoms with E-state index in [4.69, 9.17) is 5.73 Å². The molecule has 2 fully saturated rings. The van der Waals surface area contributed by atoms with E-state index >= 15 is 0 Å². The first-order valence-electron chi connectivity index (χ1n) is 7.87. The quantitative estimate of drug-likeness (QED) is 0.896. The van der Waals surface area contributed by atoms with E-state index in [0.717, 1.165) is 25.4 Å². The van der Waals surface area contributed by atoms with Crippen LogP contribution in [0.25, 0.3) is 0 Å². The lowest BCUT2D eigenvalue weighted by molar-refractivity contribution is -0.135. The molecule has 5 heteroatoms. The van der Waals surface area contributed by atoms with Gasteiger partial charge in [0.25, 0.3) is 5.56 Å². The van der Waals surface area contributed by atoms with Gasteiger partial charge in [-0.1, -0.05) is 19.3 Å². The van der Waals surface area contributed by atoms with Crippen LogP contribution in [0.1, 0.15) is 32.1 Å². The molecule has 1 aliphatic carbocycles. The van der Waals surface area contributed by atoms with E-state index in [9.17, 15) is 9.59 Å². The molecule has 3 rings (SSSR count). The van der Waals surface area contributed by atoms with E-state index in [2.05, 4.69) is 0 Å². The zero-order valence-electron chi connectivity index (χ0n) is 12.3. The molecule has 0 radical (unpaired) electrons. The molecule has 1 aromatic heterocycles. The number of rotatable bonds is 2. The van der Waals surface area contributed by atoms with Crippen molar-refractivity contribution in [2.45, 2.75) is 38.6 Å². The largest absolute Gasteiger partial charge is 0.398 e. The number of anilines is 1. The summed E-state index contributed by atoms with van der Waals surface area (Å²) in [6, 6.07) is 2.98. The Labute approximate surface area is 124 Å². The van der Waals surface area contributed by atoms with Crippen molar-refractivity contribution in [2.24, 2.45) is 11.8 Å². The molecule has 1 amide bonds. The van der Waals surface area contributed by atoms with E-state index in [1.807, 2.05) is 4.90 Å². The Balaban J connectivity index is 1.65. The fourth-order valence-corrected chi connectivity index (χ4v) is 3.75. The van der Waals surface area contributed by atoms with Crippen LogP contribution in [-0.2, 0) is 11.3 Å². The highest BCUT2D eigenvalue weighted by Crippen LogP contribution is 2.36. The zero-order valence-corrected chi connectivity index (χ0v) is 12.3. The third-order valence-electron chi connectivity index (χ3n) is 4.96. The number of aromatic nitrogens is 1. The molecule has 5 nitrogen and oxygen atoms in total. The van der Waals surface area contributed by atoms with Crippen LogP contribution in [0.15, 0.2) is 23.1 Å². The average molecular weight is 289 g/mol. The van der Waals surface area contributed by atoms with Gasteiger partial charge in [-0.2, -0.15) is 0 Å². The Kier molecular flexibility index (Phi) is 3.99. The monoisotopic (exact) mass is 289 g/mol. The minimum atomic E-state index is -0.176. The van der Waals surface area contributed by atoms with E-state index < -0.39 is 0 Å². The molecule has 2 heterocycles. The number of nitrogens with zero attached hydrogens (tertiary/aromatic N) is 2. The number of hydrogen-bond donors (Lipinski definition) is 1. The first-order valence-corrected chi connectivity index (χ1v) is 7.87. The summed E-state index contributed by atoms with van der Waals surface area (Å²) in [6.45, 7) is 1.79. The molecule has 0 bridgehead atoms. The number of piperidine rings is 1. The van der Waals surface area contributed by atoms with Crippen molar-refractivity contribution in [3.63, 3.8) is 0 Å². The second-order valence-corrected chi connectivity index (χ2v) is 6.36. The van der Waals surface area contributed by atoms with Crippen LogP contribution in [-0.4, -0.2) is 28.5 Å². The molecular formula is C16H23N3O2. The summed E-state index contributed by atoms with van der Waals surface area (Å²) in [5, 5.41) is 0. The van der Waals surface area contributed by atoms with Crippen LogP contribution < -0.4 is 11.3 Å². The first-order chi connectivity index (χ1) is 10.1. The third-order valence-corrected chi connectivity index (χ3v) is 4.96. The van der Waals surface area contributed by atoms with Crippen molar-refractivity contribution in [3.8, 4) is 0 Å². The SMILES string of the molecule is Nc1ccc(=O)n(CC(=O)N2CCC3CCCCC3C2)c1. The molecule has 114 valence electrons. The van der Waals surface area contributed by atoms with Gasteiger partial charge in [-0.3, -0.25) is 9.59 Å². The second kappa shape index (κ2) is 5.92. The molecule has 2 atom stereocenters. The fraction of sp³-hybridized carbons (Fsp3) is 0.625. The maximum atomic E-state index is 12.4. The number of fused-ring (bicyclic) bond motifs is 1. The number of hydrogen-bond acceptors (Lipinski definition) is 3. The lowest BCUT2D eigenvalue weighted by Crippen LogP contribution is -2.46. The summed E-state index contributed by atoms with van der Waals surface area (Å²) in [5.74, 6) is 1.50. The van der Waals surface area contributed by atoms with Crippen LogP contribution in [0, 0.1) is 11.8 Å². The van der Waals surface area contributed by atoms with Gasteiger partial charge in [0.15, 0.2) is 0 Å². The fourth-order valence-electron chi connectivity index (χ4n) is 3.75. The van der Waals surface area contributed by atoms with E-state index in [1.54, 1.807) is 12.3 Å². The standard InChI is InChI=1S/C16H23N3O2/c17-14-5-6-15(20)19(10-14)11-16(21)18-8-7-12-3-1-2-4-13(12)9-18/h5-6,10,12-13H,1-4,7-9,11,17H2. The number of pyridine rings is 1. The Morgan fingerprint density at radius 1 is 1.19 bits per heavy atom. The van der Waals surface area contributed by atoms with Crippen LogP contribution in [0.2, 0.25) is 0 Å². The Morgan fingerprint density at radius 3 is 2.76 bits per heavy atom. The summed E-state index contributed by atoms with van der Waals surface area (Å²) in [4.78, 5) is 26.1. The van der Waals surface area contributed by atoms with E-state index in [1.165, 1.54) is 36.3 Å². The van der Waals surface area contributed by atoms with Gasteiger partial charge in [-0.05, 0) is 30.7 Å². The van der Waals surface area contributed by atoms with Gasteiger partial charge in [-0.25, -0.2) is 0 Å². The maximum Gasteiger partial charge on any atom is 0.251 e. The van der Waals surface area contributed by atoms with Crippen molar-refractivity contribution in [1.82, 2.24) is 9.47 Å². The summed E-state index contributed by atoms with van der Waals surface area (Å²) in [5.41, 5.74) is 6.02. The predicted molar refractivity (Wildman–Crippen MR) is 81.8 cm³/mol. The summed E-state index contributed by atoms with van der Waals surface area (Å²) >= 11 is 0. The summed E-state index contributed by atoms with van der Waals surface area (Å²) in [6.07, 6.45) is 7.86. The smallest absolute Gasteiger partial charge is 0.251 e. The third kappa shape index (κ3) is 3.12. The highest BCUT2D eigenvalue weighted by molar-refractivity contribution is 5.76. The minimum absolute atomic E-state index is 0.0340. The van der Waals surface area contributed by atoms with Crippen LogP contribution >= 0.6 is 0 Å². The highest BCUT2D eigenvalue weighted by Gasteiger charge is 2.32. The number of likely N-dealkylation sites (tertiary alicyclic amines) is 1. The van der Waals surface area contributed by atoms with Crippen molar-refractivity contribution < 1.29 is 4.79 Å². The lowest BCUT2D eigenvalue weighted by Gasteiger charge is -2.41.